The molecule has 5 heteroatoms. The lowest BCUT2D eigenvalue weighted by molar-refractivity contribution is 0.0954. The van der Waals surface area contributed by atoms with Crippen LogP contribution in [-0.4, -0.2) is 22.4 Å². The van der Waals surface area contributed by atoms with Crippen molar-refractivity contribution in [2.45, 2.75) is 13.3 Å². The number of pyridine rings is 1. The number of aryl methyl sites for hydroxylation is 1. The minimum Gasteiger partial charge on any atom is -0.352 e. The number of hydrogen-bond donors (Lipinski definition) is 1. The summed E-state index contributed by atoms with van der Waals surface area (Å²) in [6, 6.07) is 11.6. The van der Waals surface area contributed by atoms with Gasteiger partial charge in [-0.2, -0.15) is 0 Å². The Bertz CT molecular complexity index is 799. The van der Waals surface area contributed by atoms with E-state index in [1.807, 2.05) is 12.1 Å². The highest BCUT2D eigenvalue weighted by Gasteiger charge is 2.08. The van der Waals surface area contributed by atoms with Crippen molar-refractivity contribution in [3.8, 4) is 10.6 Å². The molecule has 3 rings (SSSR count). The molecule has 0 radical (unpaired) electrons. The summed E-state index contributed by atoms with van der Waals surface area (Å²) in [5.41, 5.74) is 4.02. The maximum absolute atomic E-state index is 11.9. The third-order valence-electron chi connectivity index (χ3n) is 3.54. The van der Waals surface area contributed by atoms with Gasteiger partial charge in [0.15, 0.2) is 0 Å². The topological polar surface area (TPSA) is 54.9 Å². The molecular formula is C18H17N3OS. The molecule has 0 fully saturated rings. The van der Waals surface area contributed by atoms with Crippen molar-refractivity contribution in [2.24, 2.45) is 0 Å². The van der Waals surface area contributed by atoms with Crippen LogP contribution in [0, 0.1) is 6.92 Å². The Kier molecular flexibility index (Phi) is 4.78. The minimum atomic E-state index is -0.0817. The van der Waals surface area contributed by atoms with E-state index < -0.39 is 0 Å². The zero-order chi connectivity index (χ0) is 16.1. The highest BCUT2D eigenvalue weighted by atomic mass is 32.1. The molecule has 0 bridgehead atoms. The summed E-state index contributed by atoms with van der Waals surface area (Å²) in [7, 11) is 0. The van der Waals surface area contributed by atoms with Gasteiger partial charge in [0.2, 0.25) is 0 Å². The third-order valence-corrected chi connectivity index (χ3v) is 4.46. The smallest absolute Gasteiger partial charge is 0.251 e. The second-order valence-electron chi connectivity index (χ2n) is 5.20. The van der Waals surface area contributed by atoms with Gasteiger partial charge < -0.3 is 5.32 Å². The molecule has 0 spiro atoms. The third kappa shape index (κ3) is 3.81. The lowest BCUT2D eigenvalue weighted by atomic mass is 10.1. The van der Waals surface area contributed by atoms with Crippen LogP contribution in [0.3, 0.4) is 0 Å². The van der Waals surface area contributed by atoms with Crippen molar-refractivity contribution in [1.29, 1.82) is 0 Å². The number of carbonyl (C=O) groups is 1. The van der Waals surface area contributed by atoms with E-state index in [4.69, 9.17) is 0 Å². The highest BCUT2D eigenvalue weighted by Crippen LogP contribution is 2.26. The monoisotopic (exact) mass is 323 g/mol. The second kappa shape index (κ2) is 7.15. The van der Waals surface area contributed by atoms with Gasteiger partial charge in [0.25, 0.3) is 5.91 Å². The molecule has 0 unspecified atom stereocenters. The van der Waals surface area contributed by atoms with Crippen LogP contribution >= 0.6 is 11.3 Å². The van der Waals surface area contributed by atoms with Gasteiger partial charge in [0, 0.05) is 41.9 Å². The molecule has 1 N–H and O–H groups in total. The highest BCUT2D eigenvalue weighted by molar-refractivity contribution is 7.13. The van der Waals surface area contributed by atoms with Crippen molar-refractivity contribution in [2.75, 3.05) is 6.54 Å². The number of nitrogens with one attached hydrogen (secondary N) is 1. The molecule has 0 saturated carbocycles. The maximum atomic E-state index is 11.9. The molecular weight excluding hydrogens is 306 g/mol. The molecule has 0 atom stereocenters. The number of benzene rings is 1. The van der Waals surface area contributed by atoms with Gasteiger partial charge in [-0.3, -0.25) is 9.78 Å². The summed E-state index contributed by atoms with van der Waals surface area (Å²) in [6.07, 6.45) is 3.95. The molecule has 0 aliphatic heterocycles. The number of nitrogens with zero attached hydrogens (tertiary/aromatic N) is 2. The first-order chi connectivity index (χ1) is 11.2. The summed E-state index contributed by atoms with van der Waals surface area (Å²) in [5, 5.41) is 5.99. The maximum Gasteiger partial charge on any atom is 0.251 e. The van der Waals surface area contributed by atoms with E-state index in [0.717, 1.165) is 17.1 Å². The fraction of sp³-hybridized carbons (Fsp3) is 0.167. The zero-order valence-electron chi connectivity index (χ0n) is 12.8. The zero-order valence-corrected chi connectivity index (χ0v) is 13.6. The van der Waals surface area contributed by atoms with Crippen molar-refractivity contribution in [3.05, 3.63) is 71.0 Å². The molecule has 0 aliphatic rings. The number of rotatable bonds is 5. The molecule has 0 saturated heterocycles. The molecule has 2 heterocycles. The van der Waals surface area contributed by atoms with Gasteiger partial charge in [-0.1, -0.05) is 24.3 Å². The summed E-state index contributed by atoms with van der Waals surface area (Å²) in [4.78, 5) is 20.5. The van der Waals surface area contributed by atoms with E-state index in [9.17, 15) is 4.79 Å². The van der Waals surface area contributed by atoms with Gasteiger partial charge in [0.1, 0.15) is 5.01 Å². The minimum absolute atomic E-state index is 0.0817. The van der Waals surface area contributed by atoms with Crippen LogP contribution in [0.15, 0.2) is 54.2 Å². The van der Waals surface area contributed by atoms with Crippen LogP contribution < -0.4 is 5.32 Å². The molecule has 1 amide bonds. The van der Waals surface area contributed by atoms with E-state index in [0.29, 0.717) is 12.1 Å². The lowest BCUT2D eigenvalue weighted by Gasteiger charge is -2.03. The number of thiazole rings is 1. The number of amides is 1. The predicted octanol–water partition coefficient (Wildman–Crippen LogP) is 3.49. The second-order valence-corrected chi connectivity index (χ2v) is 6.06. The van der Waals surface area contributed by atoms with Gasteiger partial charge in [-0.05, 0) is 24.6 Å². The predicted molar refractivity (Wildman–Crippen MR) is 92.6 cm³/mol. The Morgan fingerprint density at radius 1 is 1.17 bits per heavy atom. The van der Waals surface area contributed by atoms with Crippen LogP contribution in [0.1, 0.15) is 21.6 Å². The van der Waals surface area contributed by atoms with Crippen molar-refractivity contribution in [1.82, 2.24) is 15.3 Å². The van der Waals surface area contributed by atoms with Crippen LogP contribution in [0.2, 0.25) is 0 Å². The van der Waals surface area contributed by atoms with Crippen LogP contribution in [-0.2, 0) is 6.42 Å². The quantitative estimate of drug-likeness (QED) is 0.782. The average molecular weight is 323 g/mol. The van der Waals surface area contributed by atoms with E-state index in [2.05, 4.69) is 39.7 Å². The van der Waals surface area contributed by atoms with E-state index in [-0.39, 0.29) is 5.91 Å². The Labute approximate surface area is 139 Å². The molecule has 116 valence electrons. The summed E-state index contributed by atoms with van der Waals surface area (Å²) >= 11 is 1.64. The van der Waals surface area contributed by atoms with Gasteiger partial charge in [-0.25, -0.2) is 4.98 Å². The lowest BCUT2D eigenvalue weighted by Crippen LogP contribution is -2.25. The summed E-state index contributed by atoms with van der Waals surface area (Å²) in [5.74, 6) is -0.0817. The molecule has 1 aromatic carbocycles. The van der Waals surface area contributed by atoms with Gasteiger partial charge in [0.05, 0.1) is 5.69 Å². The normalized spacial score (nSPS) is 10.5. The summed E-state index contributed by atoms with van der Waals surface area (Å²) in [6.45, 7) is 2.66. The molecule has 2 aromatic heterocycles. The van der Waals surface area contributed by atoms with Crippen molar-refractivity contribution in [3.63, 3.8) is 0 Å². The number of carbonyl (C=O) groups excluding carboxylic acids is 1. The van der Waals surface area contributed by atoms with Gasteiger partial charge in [-0.15, -0.1) is 11.3 Å². The number of hydrogen-bond acceptors (Lipinski definition) is 4. The first-order valence-corrected chi connectivity index (χ1v) is 8.30. The van der Waals surface area contributed by atoms with Crippen LogP contribution in [0.5, 0.6) is 0 Å². The number of aromatic nitrogens is 2. The fourth-order valence-electron chi connectivity index (χ4n) is 2.27. The largest absolute Gasteiger partial charge is 0.352 e. The van der Waals surface area contributed by atoms with Crippen molar-refractivity contribution >= 4 is 17.2 Å². The average Bonchev–Trinajstić information content (AvgIpc) is 3.04. The van der Waals surface area contributed by atoms with E-state index in [1.54, 1.807) is 35.9 Å². The Morgan fingerprint density at radius 2 is 1.96 bits per heavy atom. The molecule has 3 aromatic rings. The Balaban J connectivity index is 1.58. The van der Waals surface area contributed by atoms with Crippen molar-refractivity contribution < 1.29 is 4.79 Å². The molecule has 23 heavy (non-hydrogen) atoms. The fourth-order valence-corrected chi connectivity index (χ4v) is 3.21. The first kappa shape index (κ1) is 15.4. The molecule has 4 nitrogen and oxygen atoms in total. The molecule has 0 aliphatic carbocycles. The van der Waals surface area contributed by atoms with E-state index >= 15 is 0 Å². The summed E-state index contributed by atoms with van der Waals surface area (Å²) < 4.78 is 0. The van der Waals surface area contributed by atoms with Crippen LogP contribution in [0.4, 0.5) is 0 Å². The Hall–Kier alpha value is -2.53. The first-order valence-electron chi connectivity index (χ1n) is 7.42. The SMILES string of the molecule is Cc1ccccc1-c1nc(CCNC(=O)c2ccncc2)cs1. The van der Waals surface area contributed by atoms with E-state index in [1.165, 1.54) is 11.1 Å². The van der Waals surface area contributed by atoms with Crippen LogP contribution in [0.25, 0.3) is 10.6 Å². The van der Waals surface area contributed by atoms with Gasteiger partial charge >= 0.3 is 0 Å². The Morgan fingerprint density at radius 3 is 2.74 bits per heavy atom. The standard InChI is InChI=1S/C18H17N3OS/c1-13-4-2-3-5-16(13)18-21-15(12-23-18)8-11-20-17(22)14-6-9-19-10-7-14/h2-7,9-10,12H,8,11H2,1H3,(H,20,22).